The molecule has 140 heavy (non-hydrogen) atoms. The van der Waals surface area contributed by atoms with Gasteiger partial charge in [-0.25, -0.2) is 28.8 Å². The van der Waals surface area contributed by atoms with E-state index in [-0.39, 0.29) is 101 Å². The lowest BCUT2D eigenvalue weighted by Gasteiger charge is -2.39. The topological polar surface area (TPSA) is 475 Å². The molecule has 6 unspecified atom stereocenters. The lowest BCUT2D eigenvalue weighted by atomic mass is 9.81. The van der Waals surface area contributed by atoms with Crippen LogP contribution in [0.5, 0.6) is 5.75 Å². The molecule has 5 aromatic carbocycles. The summed E-state index contributed by atoms with van der Waals surface area (Å²) < 4.78 is 9.68. The normalized spacial score (nSPS) is 19.2. The zero-order chi connectivity index (χ0) is 101. The van der Waals surface area contributed by atoms with Crippen LogP contribution in [0.15, 0.2) is 170 Å². The molecule has 6 aromatic rings. The molecular formula is C102H142N20O18. The standard InChI is InChI=1S/C20H31N3O2.C19H27N3O2.C18H20N4O2.C16H23N3O3.C15H19N3O4.C14H22N4O5/c1-19(2,3)14-20(4,5)22-17(24)16-11-12-21-18(25)23(16)13-15-9-7-6-8-10-15;23-18(21-13-15-7-3-1-4-8-15)17-11-12-20-19(24)22(17)14-16-9-5-2-6-10-16;23-17(21-12-14-5-2-1-3-6-14)16-8-10-20-18(24)22(16)13-15-7-4-9-19-11-15;1-11(2)18-15(20)14-7-8-17-16(21)19(14)10-12-5-4-6-13(9-12)22-3;1-22-13(19)9-17-14(20)12-7-8-16-15(21)18(12)10-11-5-3-2-4-6-11;19-11-3-1-6-17(11)7-2-8-18-10(4-5-15-14(18)23)13(22)16-9-12(20)21/h6-10,16H,11-14H2,1-5H3,(H,21,25)(H,22,24);1,3-4,7-8,16-17H,2,5-6,9-14H2,(H,20,24)(H,21,23);1-7,9,11,16H,8,10,12-13H2,(H,20,24)(H,21,23);4-6,9,11,14H,7-8,10H2,1-3H3,(H,17,21)(H,18,20);2-6,12H,7-10H2,1H3,(H,16,21)(H,17,20);10H,1-9H2,(H,15,23)(H,16,22)(H,20,21). The van der Waals surface area contributed by atoms with Crippen LogP contribution in [0.1, 0.15) is 178 Å². The van der Waals surface area contributed by atoms with Gasteiger partial charge in [-0.15, -0.1) is 0 Å². The SMILES string of the molecule is CC(C)(C)CC(C)(C)NC(=O)C1CCNC(=O)N1Cc1ccccc1.COC(=O)CNC(=O)C1CCNC(=O)N1Cc1ccccc1.COc1cccc(CN2C(=O)NCCC2C(=O)NC(C)C)c1.O=C(NCc1ccccc1)C1CCNC(=O)N1CC1CCCCC1.O=C(NCc1ccccc1)C1CCNC(=O)N1Cc1cccnc1.O=C(O)CNC(=O)C1CCNC(=O)N1CCCN1CCCC1=O. The van der Waals surface area contributed by atoms with Crippen molar-refractivity contribution < 1.29 is 86.5 Å². The van der Waals surface area contributed by atoms with E-state index in [1.807, 2.05) is 185 Å². The number of pyridine rings is 1. The molecule has 38 heteroatoms. The first-order chi connectivity index (χ1) is 67.2. The number of methoxy groups -OCH3 is 2. The first-order valence-corrected chi connectivity index (χ1v) is 48.4. The minimum absolute atomic E-state index is 0.0375. The van der Waals surface area contributed by atoms with Gasteiger partial charge in [0.1, 0.15) is 55.1 Å². The van der Waals surface area contributed by atoms with Gasteiger partial charge in [-0.2, -0.15) is 0 Å². The highest BCUT2D eigenvalue weighted by molar-refractivity contribution is 5.93. The number of aromatic nitrogens is 1. The molecule has 14 rings (SSSR count). The van der Waals surface area contributed by atoms with E-state index in [9.17, 15) is 71.9 Å². The number of urea groups is 6. The summed E-state index contributed by atoms with van der Waals surface area (Å²) in [5.41, 5.74) is 5.69. The maximum atomic E-state index is 12.9. The highest BCUT2D eigenvalue weighted by Gasteiger charge is 2.41. The number of likely N-dealkylation sites (tertiary alicyclic amines) is 1. The highest BCUT2D eigenvalue weighted by Crippen LogP contribution is 2.30. The molecule has 7 aliphatic heterocycles. The number of carboxylic acids is 1. The highest BCUT2D eigenvalue weighted by atomic mass is 16.5. The Morgan fingerprint density at radius 2 is 0.821 bits per heavy atom. The number of hydrogen-bond donors (Lipinski definition) is 13. The van der Waals surface area contributed by atoms with E-state index in [2.05, 4.69) is 94.3 Å². The number of hydrogen-bond acceptors (Lipinski definition) is 18. The molecule has 1 aliphatic carbocycles. The Morgan fingerprint density at radius 1 is 0.429 bits per heavy atom. The van der Waals surface area contributed by atoms with Crippen molar-refractivity contribution in [2.24, 2.45) is 11.3 Å². The second kappa shape index (κ2) is 56.1. The number of amides is 19. The molecule has 8 fully saturated rings. The molecule has 19 amide bonds. The van der Waals surface area contributed by atoms with E-state index in [1.165, 1.54) is 49.0 Å². The maximum absolute atomic E-state index is 12.9. The van der Waals surface area contributed by atoms with Crippen LogP contribution in [-0.2, 0) is 87.2 Å². The Kier molecular flexibility index (Phi) is 43.9. The summed E-state index contributed by atoms with van der Waals surface area (Å²) in [5.74, 6) is -1.40. The van der Waals surface area contributed by atoms with E-state index >= 15 is 0 Å². The molecule has 1 aromatic heterocycles. The first kappa shape index (κ1) is 110. The Morgan fingerprint density at radius 3 is 1.24 bits per heavy atom. The summed E-state index contributed by atoms with van der Waals surface area (Å²) in [6.07, 6.45) is 15.8. The van der Waals surface area contributed by atoms with Gasteiger partial charge < -0.3 is 113 Å². The fourth-order valence-electron chi connectivity index (χ4n) is 18.0. The fourth-order valence-corrected chi connectivity index (χ4v) is 18.0. The van der Waals surface area contributed by atoms with Crippen molar-refractivity contribution in [3.8, 4) is 5.75 Å². The monoisotopic (exact) mass is 1940 g/mol. The molecule has 8 aliphatic rings. The predicted octanol–water partition coefficient (Wildman–Crippen LogP) is 8.40. The lowest BCUT2D eigenvalue weighted by Crippen LogP contribution is -2.60. The van der Waals surface area contributed by atoms with Gasteiger partial charge in [0.15, 0.2) is 0 Å². The molecule has 8 heterocycles. The minimum atomic E-state index is -1.13. The number of carbonyl (C=O) groups excluding carboxylic acids is 14. The summed E-state index contributed by atoms with van der Waals surface area (Å²) >= 11 is 0. The maximum Gasteiger partial charge on any atom is 0.325 e. The van der Waals surface area contributed by atoms with Crippen molar-refractivity contribution >= 4 is 89.5 Å². The Balaban J connectivity index is 0.000000188. The molecule has 6 atom stereocenters. The summed E-state index contributed by atoms with van der Waals surface area (Å²) in [7, 11) is 2.86. The average molecular weight is 1940 g/mol. The van der Waals surface area contributed by atoms with E-state index < -0.39 is 54.6 Å². The number of carboxylic acid groups (broad SMARTS) is 1. The van der Waals surface area contributed by atoms with Gasteiger partial charge in [0.25, 0.3) is 0 Å². The summed E-state index contributed by atoms with van der Waals surface area (Å²) in [6.45, 7) is 21.5. The first-order valence-electron chi connectivity index (χ1n) is 48.4. The van der Waals surface area contributed by atoms with Crippen molar-refractivity contribution in [1.82, 2.24) is 103 Å². The van der Waals surface area contributed by atoms with Crippen molar-refractivity contribution in [3.63, 3.8) is 0 Å². The van der Waals surface area contributed by atoms with Crippen molar-refractivity contribution in [3.05, 3.63) is 203 Å². The van der Waals surface area contributed by atoms with E-state index in [1.54, 1.807) is 44.0 Å². The number of esters is 1. The van der Waals surface area contributed by atoms with Crippen LogP contribution in [0.4, 0.5) is 28.8 Å². The van der Waals surface area contributed by atoms with E-state index in [0.29, 0.717) is 155 Å². The molecular weight excluding hydrogens is 1790 g/mol. The van der Waals surface area contributed by atoms with Gasteiger partial charge in [-0.3, -0.25) is 48.1 Å². The smallest absolute Gasteiger partial charge is 0.325 e. The quantitative estimate of drug-likeness (QED) is 0.0176. The van der Waals surface area contributed by atoms with Gasteiger partial charge in [0, 0.05) is 135 Å². The average Bonchev–Trinajstić information content (AvgIpc) is 0.836. The third-order valence-electron chi connectivity index (χ3n) is 24.5. The third kappa shape index (κ3) is 36.4. The van der Waals surface area contributed by atoms with E-state index in [4.69, 9.17) is 9.84 Å². The van der Waals surface area contributed by atoms with Gasteiger partial charge in [0.05, 0.1) is 14.2 Å². The fraction of sp³-hybridized carbons (Fsp3) is 0.510. The molecule has 38 nitrogen and oxygen atoms in total. The van der Waals surface area contributed by atoms with E-state index in [0.717, 1.165) is 58.5 Å². The summed E-state index contributed by atoms with van der Waals surface area (Å²) in [6, 6.07) is 45.8. The Bertz CT molecular complexity index is 5040. The van der Waals surface area contributed by atoms with Crippen LogP contribution >= 0.6 is 0 Å². The summed E-state index contributed by atoms with van der Waals surface area (Å²) in [4.78, 5) is 196. The second-order valence-electron chi connectivity index (χ2n) is 37.7. The van der Waals surface area contributed by atoms with Crippen molar-refractivity contribution in [2.45, 2.75) is 232 Å². The van der Waals surface area contributed by atoms with Crippen LogP contribution in [-0.4, -0.2) is 274 Å². The molecule has 758 valence electrons. The largest absolute Gasteiger partial charge is 0.497 e. The third-order valence-corrected chi connectivity index (χ3v) is 24.5. The lowest BCUT2D eigenvalue weighted by molar-refractivity contribution is -0.141. The van der Waals surface area contributed by atoms with Gasteiger partial charge in [-0.1, -0.05) is 180 Å². The second-order valence-corrected chi connectivity index (χ2v) is 37.7. The van der Waals surface area contributed by atoms with Crippen molar-refractivity contribution in [1.29, 1.82) is 0 Å². The van der Waals surface area contributed by atoms with Crippen LogP contribution < -0.4 is 68.5 Å². The zero-order valence-corrected chi connectivity index (χ0v) is 82.1. The summed E-state index contributed by atoms with van der Waals surface area (Å²) in [5, 5.41) is 42.1. The molecule has 0 spiro atoms. The number of ether oxygens (including phenoxy) is 2. The minimum Gasteiger partial charge on any atom is -0.497 e. The number of benzene rings is 5. The number of carbonyl (C=O) groups is 15. The molecule has 13 N–H and O–H groups in total. The number of rotatable bonds is 32. The molecule has 0 bridgehead atoms. The number of aliphatic carboxylic acids is 1. The number of nitrogens with zero attached hydrogens (tertiary/aromatic N) is 8. The van der Waals surface area contributed by atoms with Crippen LogP contribution in [0.3, 0.4) is 0 Å². The van der Waals surface area contributed by atoms with Crippen molar-refractivity contribution in [2.75, 3.05) is 92.8 Å². The van der Waals surface area contributed by atoms with Gasteiger partial charge >= 0.3 is 48.1 Å². The van der Waals surface area contributed by atoms with Crippen LogP contribution in [0.25, 0.3) is 0 Å². The Hall–Kier alpha value is -14.1. The number of nitrogens with one attached hydrogen (secondary N) is 12. The zero-order valence-electron chi connectivity index (χ0n) is 82.1. The Labute approximate surface area is 820 Å². The van der Waals surface area contributed by atoms with Crippen LogP contribution in [0.2, 0.25) is 0 Å². The van der Waals surface area contributed by atoms with Crippen LogP contribution in [0, 0.1) is 11.3 Å². The molecule has 0 radical (unpaired) electrons. The molecule has 1 saturated carbocycles. The molecule has 7 saturated heterocycles. The van der Waals surface area contributed by atoms with Gasteiger partial charge in [0.2, 0.25) is 41.4 Å². The predicted molar refractivity (Wildman–Crippen MR) is 525 cm³/mol. The van der Waals surface area contributed by atoms with Gasteiger partial charge in [-0.05, 0) is 161 Å².